The molecule has 3 amide bonds. The Kier molecular flexibility index (Phi) is 4.38. The molecule has 0 aromatic heterocycles. The number of hydrogen-bond donors (Lipinski definition) is 0. The summed E-state index contributed by atoms with van der Waals surface area (Å²) in [7, 11) is 1.10. The number of amides is 3. The van der Waals surface area contributed by atoms with Crippen LogP contribution in [0.25, 0.3) is 0 Å². The van der Waals surface area contributed by atoms with Gasteiger partial charge in [0.15, 0.2) is 11.4 Å². The molecule has 164 valence electrons. The third-order valence-electron chi connectivity index (χ3n) is 5.30. The summed E-state index contributed by atoms with van der Waals surface area (Å²) in [4.78, 5) is 50.3. The highest BCUT2D eigenvalue weighted by Crippen LogP contribution is 2.51. The Morgan fingerprint density at radius 1 is 1.19 bits per heavy atom. The molecule has 0 N–H and O–H groups in total. The lowest BCUT2D eigenvalue weighted by Gasteiger charge is -2.37. The molecule has 31 heavy (non-hydrogen) atoms. The maximum Gasteiger partial charge on any atom is 0.421 e. The highest BCUT2D eigenvalue weighted by atomic mass is 19.4. The van der Waals surface area contributed by atoms with Crippen LogP contribution in [0, 0.1) is 5.82 Å². The van der Waals surface area contributed by atoms with E-state index in [4.69, 9.17) is 4.74 Å². The Morgan fingerprint density at radius 2 is 1.84 bits per heavy atom. The van der Waals surface area contributed by atoms with Crippen molar-refractivity contribution < 1.29 is 46.2 Å². The Bertz CT molecular complexity index is 1080. The lowest BCUT2D eigenvalue weighted by Crippen LogP contribution is -2.54. The first-order valence-corrected chi connectivity index (χ1v) is 9.02. The molecule has 1 spiro atoms. The Balaban J connectivity index is 1.82. The highest BCUT2D eigenvalue weighted by Gasteiger charge is 2.59. The first-order valence-electron chi connectivity index (χ1n) is 9.02. The molecule has 12 heteroatoms. The normalized spacial score (nSPS) is 20.5. The molecular formula is C19H14F4N2O6. The SMILES string of the molecule is COC(=O)C(C)N1C(=O)C2(CC2)Oc2cc(F)c(N3C(=O)C=C(C(F)(F)F)C3=O)cc21. The molecule has 3 aliphatic rings. The minimum atomic E-state index is -5.12. The Morgan fingerprint density at radius 3 is 2.35 bits per heavy atom. The number of fused-ring (bicyclic) bond motifs is 1. The van der Waals surface area contributed by atoms with Crippen LogP contribution in [0.15, 0.2) is 23.8 Å². The predicted molar refractivity (Wildman–Crippen MR) is 94.6 cm³/mol. The van der Waals surface area contributed by atoms with E-state index in [0.29, 0.717) is 12.8 Å². The largest absolute Gasteiger partial charge is 0.475 e. The molecule has 1 saturated carbocycles. The molecule has 4 rings (SSSR count). The van der Waals surface area contributed by atoms with Crippen LogP contribution in [0.4, 0.5) is 28.9 Å². The molecular weight excluding hydrogens is 428 g/mol. The van der Waals surface area contributed by atoms with Crippen molar-refractivity contribution in [2.75, 3.05) is 16.9 Å². The summed E-state index contributed by atoms with van der Waals surface area (Å²) in [6, 6.07) is 0.408. The number of carbonyl (C=O) groups excluding carboxylic acids is 4. The van der Waals surface area contributed by atoms with Crippen molar-refractivity contribution in [3.63, 3.8) is 0 Å². The molecule has 1 aromatic carbocycles. The molecule has 2 heterocycles. The van der Waals surface area contributed by atoms with Crippen molar-refractivity contribution >= 4 is 35.1 Å². The Hall–Kier alpha value is -3.44. The van der Waals surface area contributed by atoms with Gasteiger partial charge in [-0.2, -0.15) is 13.2 Å². The van der Waals surface area contributed by atoms with Crippen LogP contribution in [0.5, 0.6) is 5.75 Å². The smallest absolute Gasteiger partial charge is 0.421 e. The zero-order valence-corrected chi connectivity index (χ0v) is 16.1. The van der Waals surface area contributed by atoms with E-state index in [2.05, 4.69) is 4.74 Å². The van der Waals surface area contributed by atoms with Gasteiger partial charge in [-0.15, -0.1) is 0 Å². The van der Waals surface area contributed by atoms with E-state index >= 15 is 0 Å². The van der Waals surface area contributed by atoms with Gasteiger partial charge in [-0.3, -0.25) is 19.3 Å². The molecule has 0 saturated heterocycles. The summed E-state index contributed by atoms with van der Waals surface area (Å²) in [5, 5.41) is 0. The van der Waals surface area contributed by atoms with Crippen molar-refractivity contribution in [2.24, 2.45) is 0 Å². The van der Waals surface area contributed by atoms with Gasteiger partial charge in [0.2, 0.25) is 0 Å². The van der Waals surface area contributed by atoms with E-state index in [1.807, 2.05) is 0 Å². The van der Waals surface area contributed by atoms with E-state index in [-0.39, 0.29) is 22.4 Å². The van der Waals surface area contributed by atoms with Crippen molar-refractivity contribution in [1.29, 1.82) is 0 Å². The topological polar surface area (TPSA) is 93.2 Å². The number of benzene rings is 1. The summed E-state index contributed by atoms with van der Waals surface area (Å²) in [5.74, 6) is -5.96. The van der Waals surface area contributed by atoms with Gasteiger partial charge < -0.3 is 9.47 Å². The van der Waals surface area contributed by atoms with Gasteiger partial charge >= 0.3 is 12.1 Å². The zero-order valence-electron chi connectivity index (χ0n) is 16.1. The van der Waals surface area contributed by atoms with Crippen LogP contribution in [-0.4, -0.2) is 48.6 Å². The second-order valence-corrected chi connectivity index (χ2v) is 7.28. The first kappa shape index (κ1) is 20.8. The summed E-state index contributed by atoms with van der Waals surface area (Å²) in [5.41, 5.74) is -4.01. The Labute approximate surface area is 172 Å². The molecule has 1 fully saturated rings. The number of esters is 1. The minimum Gasteiger partial charge on any atom is -0.475 e. The molecule has 1 aromatic rings. The number of anilines is 2. The summed E-state index contributed by atoms with van der Waals surface area (Å²) >= 11 is 0. The molecule has 1 aliphatic carbocycles. The van der Waals surface area contributed by atoms with E-state index in [1.165, 1.54) is 6.92 Å². The second kappa shape index (κ2) is 6.53. The summed E-state index contributed by atoms with van der Waals surface area (Å²) < 4.78 is 64.1. The molecule has 1 unspecified atom stereocenters. The van der Waals surface area contributed by atoms with Gasteiger partial charge in [0, 0.05) is 25.0 Å². The van der Waals surface area contributed by atoms with Crippen molar-refractivity contribution in [2.45, 2.75) is 37.6 Å². The van der Waals surface area contributed by atoms with Gasteiger partial charge in [-0.25, -0.2) is 14.1 Å². The van der Waals surface area contributed by atoms with Crippen molar-refractivity contribution in [3.8, 4) is 5.75 Å². The van der Waals surface area contributed by atoms with Gasteiger partial charge in [0.05, 0.1) is 18.5 Å². The molecule has 2 aliphatic heterocycles. The van der Waals surface area contributed by atoms with Crippen molar-refractivity contribution in [1.82, 2.24) is 0 Å². The third kappa shape index (κ3) is 3.04. The fourth-order valence-electron chi connectivity index (χ4n) is 3.55. The molecule has 8 nitrogen and oxygen atoms in total. The number of halogens is 4. The average molecular weight is 442 g/mol. The summed E-state index contributed by atoms with van der Waals surface area (Å²) in [6.45, 7) is 1.34. The number of hydrogen-bond acceptors (Lipinski definition) is 6. The number of ether oxygens (including phenoxy) is 2. The first-order chi connectivity index (χ1) is 14.4. The number of nitrogens with zero attached hydrogens (tertiary/aromatic N) is 2. The summed E-state index contributed by atoms with van der Waals surface area (Å²) in [6.07, 6.45) is -4.41. The highest BCUT2D eigenvalue weighted by molar-refractivity contribution is 6.31. The molecule has 1 atom stereocenters. The standard InChI is InChI=1S/C19H14F4N2O6/c1-8(16(28)30-2)24-12-7-11(25-14(26)5-9(15(25)27)19(21,22)23)10(20)6-13(12)31-18(3-4-18)17(24)29/h5-8H,3-4H2,1-2H3. The fraction of sp³-hybridized carbons (Fsp3) is 0.368. The van der Waals surface area contributed by atoms with Crippen LogP contribution >= 0.6 is 0 Å². The van der Waals surface area contributed by atoms with E-state index in [9.17, 15) is 36.7 Å². The van der Waals surface area contributed by atoms with E-state index in [1.54, 1.807) is 0 Å². The maximum atomic E-state index is 14.8. The van der Waals surface area contributed by atoms with Crippen LogP contribution in [0.1, 0.15) is 19.8 Å². The molecule has 0 bridgehead atoms. The van der Waals surface area contributed by atoms with Crippen LogP contribution in [-0.2, 0) is 23.9 Å². The number of imide groups is 1. The number of carbonyl (C=O) groups is 4. The van der Waals surface area contributed by atoms with E-state index < -0.39 is 58.6 Å². The van der Waals surface area contributed by atoms with Gasteiger partial charge in [-0.1, -0.05) is 0 Å². The monoisotopic (exact) mass is 442 g/mol. The second-order valence-electron chi connectivity index (χ2n) is 7.28. The van der Waals surface area contributed by atoms with E-state index in [0.717, 1.165) is 24.1 Å². The quantitative estimate of drug-likeness (QED) is 0.404. The lowest BCUT2D eigenvalue weighted by atomic mass is 10.1. The van der Waals surface area contributed by atoms with Gasteiger partial charge in [0.1, 0.15) is 17.4 Å². The maximum absolute atomic E-state index is 14.8. The average Bonchev–Trinajstić information content (AvgIpc) is 3.39. The molecule has 0 radical (unpaired) electrons. The van der Waals surface area contributed by atoms with Gasteiger partial charge in [0.25, 0.3) is 17.7 Å². The zero-order chi connectivity index (χ0) is 22.9. The van der Waals surface area contributed by atoms with Crippen LogP contribution in [0.2, 0.25) is 0 Å². The van der Waals surface area contributed by atoms with Crippen LogP contribution in [0.3, 0.4) is 0 Å². The van der Waals surface area contributed by atoms with Crippen LogP contribution < -0.4 is 14.5 Å². The van der Waals surface area contributed by atoms with Crippen molar-refractivity contribution in [3.05, 3.63) is 29.6 Å². The minimum absolute atomic E-state index is 0.0192. The van der Waals surface area contributed by atoms with Gasteiger partial charge in [-0.05, 0) is 13.0 Å². The lowest BCUT2D eigenvalue weighted by molar-refractivity contribution is -0.144. The predicted octanol–water partition coefficient (Wildman–Crippen LogP) is 2.01. The fourth-order valence-corrected chi connectivity index (χ4v) is 3.55. The third-order valence-corrected chi connectivity index (χ3v) is 5.30. The number of rotatable bonds is 3. The number of alkyl halides is 3. The number of methoxy groups -OCH3 is 1.